The fraction of sp³-hybridized carbons (Fsp3) is 0.467. The van der Waals surface area contributed by atoms with E-state index in [1.807, 2.05) is 12.1 Å². The topological polar surface area (TPSA) is 64.9 Å². The second-order valence-electron chi connectivity index (χ2n) is 5.23. The number of aromatic nitrogens is 2. The van der Waals surface area contributed by atoms with Crippen molar-refractivity contribution in [3.63, 3.8) is 0 Å². The van der Waals surface area contributed by atoms with Gasteiger partial charge in [-0.2, -0.15) is 0 Å². The number of hydrogen-bond acceptors (Lipinski definition) is 4. The standard InChI is InChI=1S/C15H18IN3O/c1-2-10-7-8-11(20-10)15-18-13(9-5-3-4-6-9)12(16)14(17)19-15/h7-9H,2-6H2,1H3,(H2,17,18,19). The first kappa shape index (κ1) is 13.9. The highest BCUT2D eigenvalue weighted by Gasteiger charge is 2.24. The highest BCUT2D eigenvalue weighted by Crippen LogP contribution is 2.37. The summed E-state index contributed by atoms with van der Waals surface area (Å²) in [7, 11) is 0. The van der Waals surface area contributed by atoms with Gasteiger partial charge in [0, 0.05) is 12.3 Å². The van der Waals surface area contributed by atoms with Crippen molar-refractivity contribution in [1.82, 2.24) is 9.97 Å². The van der Waals surface area contributed by atoms with Gasteiger partial charge in [0.2, 0.25) is 0 Å². The summed E-state index contributed by atoms with van der Waals surface area (Å²) in [6.45, 7) is 2.07. The van der Waals surface area contributed by atoms with E-state index in [1.165, 1.54) is 25.7 Å². The normalized spacial score (nSPS) is 15.9. The van der Waals surface area contributed by atoms with Gasteiger partial charge in [-0.1, -0.05) is 19.8 Å². The molecule has 3 rings (SSSR count). The van der Waals surface area contributed by atoms with Crippen LogP contribution in [-0.4, -0.2) is 9.97 Å². The Morgan fingerprint density at radius 1 is 1.30 bits per heavy atom. The van der Waals surface area contributed by atoms with E-state index in [0.29, 0.717) is 23.3 Å². The fourth-order valence-electron chi connectivity index (χ4n) is 2.75. The lowest BCUT2D eigenvalue weighted by atomic mass is 10.0. The number of anilines is 1. The molecule has 2 aromatic heterocycles. The van der Waals surface area contributed by atoms with E-state index >= 15 is 0 Å². The van der Waals surface area contributed by atoms with Crippen molar-refractivity contribution in [2.45, 2.75) is 44.9 Å². The first-order valence-corrected chi connectivity index (χ1v) is 8.19. The molecule has 0 bridgehead atoms. The van der Waals surface area contributed by atoms with Gasteiger partial charge in [-0.05, 0) is 47.6 Å². The molecule has 1 fully saturated rings. The Kier molecular flexibility index (Phi) is 3.96. The molecule has 1 aliphatic carbocycles. The highest BCUT2D eigenvalue weighted by molar-refractivity contribution is 14.1. The molecule has 2 N–H and O–H groups in total. The van der Waals surface area contributed by atoms with Gasteiger partial charge in [-0.3, -0.25) is 0 Å². The van der Waals surface area contributed by atoms with Crippen LogP contribution in [0.1, 0.15) is 50.0 Å². The maximum absolute atomic E-state index is 6.07. The second-order valence-corrected chi connectivity index (χ2v) is 6.31. The number of nitrogen functional groups attached to an aromatic ring is 1. The minimum absolute atomic E-state index is 0.520. The molecule has 0 amide bonds. The molecule has 1 saturated carbocycles. The molecule has 0 saturated heterocycles. The molecule has 0 atom stereocenters. The maximum atomic E-state index is 6.07. The predicted molar refractivity (Wildman–Crippen MR) is 87.5 cm³/mol. The van der Waals surface area contributed by atoms with E-state index in [-0.39, 0.29) is 0 Å². The number of nitrogens with zero attached hydrogens (tertiary/aromatic N) is 2. The number of hydrogen-bond donors (Lipinski definition) is 1. The summed E-state index contributed by atoms with van der Waals surface area (Å²) in [6, 6.07) is 3.90. The Balaban J connectivity index is 2.03. The van der Waals surface area contributed by atoms with E-state index in [9.17, 15) is 0 Å². The Morgan fingerprint density at radius 2 is 2.05 bits per heavy atom. The summed E-state index contributed by atoms with van der Waals surface area (Å²) in [5.41, 5.74) is 7.16. The summed E-state index contributed by atoms with van der Waals surface area (Å²) < 4.78 is 6.75. The SMILES string of the molecule is CCc1ccc(-c2nc(N)c(I)c(C3CCCC3)n2)o1. The first-order chi connectivity index (χ1) is 9.69. The van der Waals surface area contributed by atoms with Crippen molar-refractivity contribution in [3.05, 3.63) is 27.2 Å². The summed E-state index contributed by atoms with van der Waals surface area (Å²) >= 11 is 2.26. The van der Waals surface area contributed by atoms with E-state index < -0.39 is 0 Å². The molecule has 20 heavy (non-hydrogen) atoms. The van der Waals surface area contributed by atoms with Crippen LogP contribution >= 0.6 is 22.6 Å². The zero-order valence-electron chi connectivity index (χ0n) is 11.5. The maximum Gasteiger partial charge on any atom is 0.197 e. The highest BCUT2D eigenvalue weighted by atomic mass is 127. The molecule has 106 valence electrons. The summed E-state index contributed by atoms with van der Waals surface area (Å²) in [5, 5.41) is 0. The van der Waals surface area contributed by atoms with E-state index in [2.05, 4.69) is 34.5 Å². The van der Waals surface area contributed by atoms with Crippen LogP contribution < -0.4 is 5.73 Å². The summed E-state index contributed by atoms with van der Waals surface area (Å²) in [6.07, 6.45) is 5.82. The molecule has 0 radical (unpaired) electrons. The molecule has 0 unspecified atom stereocenters. The van der Waals surface area contributed by atoms with Crippen LogP contribution in [0.3, 0.4) is 0 Å². The third kappa shape index (κ3) is 2.55. The van der Waals surface area contributed by atoms with Crippen molar-refractivity contribution < 1.29 is 4.42 Å². The van der Waals surface area contributed by atoms with Crippen LogP contribution in [-0.2, 0) is 6.42 Å². The molecule has 0 spiro atoms. The molecule has 1 aliphatic rings. The third-order valence-corrected chi connectivity index (χ3v) is 4.98. The van der Waals surface area contributed by atoms with Crippen molar-refractivity contribution in [2.24, 2.45) is 0 Å². The smallest absolute Gasteiger partial charge is 0.197 e. The number of aryl methyl sites for hydroxylation is 1. The lowest BCUT2D eigenvalue weighted by Crippen LogP contribution is -2.07. The fourth-order valence-corrected chi connectivity index (χ4v) is 3.43. The molecule has 2 heterocycles. The molecule has 2 aromatic rings. The number of furan rings is 1. The molecular weight excluding hydrogens is 365 g/mol. The average Bonchev–Trinajstić information content (AvgIpc) is 3.11. The van der Waals surface area contributed by atoms with Crippen LogP contribution in [0.2, 0.25) is 0 Å². The minimum Gasteiger partial charge on any atom is -0.458 e. The van der Waals surface area contributed by atoms with Gasteiger partial charge < -0.3 is 10.2 Å². The molecule has 5 heteroatoms. The van der Waals surface area contributed by atoms with E-state index in [1.54, 1.807) is 0 Å². The van der Waals surface area contributed by atoms with Gasteiger partial charge in [0.1, 0.15) is 11.6 Å². The van der Waals surface area contributed by atoms with E-state index in [0.717, 1.165) is 21.4 Å². The van der Waals surface area contributed by atoms with Crippen LogP contribution in [0.15, 0.2) is 16.5 Å². The van der Waals surface area contributed by atoms with Gasteiger partial charge in [0.25, 0.3) is 0 Å². The first-order valence-electron chi connectivity index (χ1n) is 7.11. The molecule has 0 aromatic carbocycles. The Hall–Kier alpha value is -1.11. The largest absolute Gasteiger partial charge is 0.458 e. The Bertz CT molecular complexity index is 618. The third-order valence-electron chi connectivity index (χ3n) is 3.87. The summed E-state index contributed by atoms with van der Waals surface area (Å²) in [4.78, 5) is 9.13. The minimum atomic E-state index is 0.520. The molecule has 0 aliphatic heterocycles. The lowest BCUT2D eigenvalue weighted by Gasteiger charge is -2.13. The van der Waals surface area contributed by atoms with Gasteiger partial charge in [0.15, 0.2) is 11.6 Å². The molecular formula is C15H18IN3O. The lowest BCUT2D eigenvalue weighted by molar-refractivity contribution is 0.524. The van der Waals surface area contributed by atoms with Crippen LogP contribution in [0.25, 0.3) is 11.6 Å². The Labute approximate surface area is 132 Å². The molecule has 4 nitrogen and oxygen atoms in total. The monoisotopic (exact) mass is 383 g/mol. The zero-order valence-corrected chi connectivity index (χ0v) is 13.7. The van der Waals surface area contributed by atoms with Gasteiger partial charge in [0.05, 0.1) is 9.26 Å². The van der Waals surface area contributed by atoms with Crippen LogP contribution in [0, 0.1) is 3.57 Å². The predicted octanol–water partition coefficient (Wildman–Crippen LogP) is 4.14. The number of halogens is 1. The quantitative estimate of drug-likeness (QED) is 0.809. The van der Waals surface area contributed by atoms with Crippen LogP contribution in [0.5, 0.6) is 0 Å². The van der Waals surface area contributed by atoms with Crippen molar-refractivity contribution in [3.8, 4) is 11.6 Å². The zero-order chi connectivity index (χ0) is 14.1. The van der Waals surface area contributed by atoms with Crippen LogP contribution in [0.4, 0.5) is 5.82 Å². The van der Waals surface area contributed by atoms with Gasteiger partial charge in [-0.25, -0.2) is 9.97 Å². The number of rotatable bonds is 3. The van der Waals surface area contributed by atoms with Gasteiger partial charge >= 0.3 is 0 Å². The Morgan fingerprint density at radius 3 is 2.70 bits per heavy atom. The van der Waals surface area contributed by atoms with Gasteiger partial charge in [-0.15, -0.1) is 0 Å². The average molecular weight is 383 g/mol. The van der Waals surface area contributed by atoms with Crippen molar-refractivity contribution in [2.75, 3.05) is 5.73 Å². The number of nitrogens with two attached hydrogens (primary N) is 1. The van der Waals surface area contributed by atoms with Crippen molar-refractivity contribution in [1.29, 1.82) is 0 Å². The summed E-state index contributed by atoms with van der Waals surface area (Å²) in [5.74, 6) is 3.36. The van der Waals surface area contributed by atoms with E-state index in [4.69, 9.17) is 15.1 Å². The van der Waals surface area contributed by atoms with Crippen molar-refractivity contribution >= 4 is 28.4 Å². The second kappa shape index (κ2) is 5.71.